The highest BCUT2D eigenvalue weighted by molar-refractivity contribution is 9.10. The molecule has 6 aromatic carbocycles. The normalized spacial score (nSPS) is 11.0. The highest BCUT2D eigenvalue weighted by Crippen LogP contribution is 2.29. The van der Waals surface area contributed by atoms with E-state index in [1.807, 2.05) is 147 Å². The first kappa shape index (κ1) is 78.2. The smallest absolute Gasteiger partial charge is 0.198 e. The summed E-state index contributed by atoms with van der Waals surface area (Å²) in [5, 5.41) is 10.1. The molecule has 0 aliphatic carbocycles. The predicted molar refractivity (Wildman–Crippen MR) is 406 cm³/mol. The molecule has 0 spiro atoms. The van der Waals surface area contributed by atoms with E-state index in [-0.39, 0.29) is 17.7 Å². The van der Waals surface area contributed by atoms with Gasteiger partial charge in [0.15, 0.2) is 68.8 Å². The van der Waals surface area contributed by atoms with E-state index in [0.29, 0.717) is 73.7 Å². The minimum atomic E-state index is -0.293. The van der Waals surface area contributed by atoms with Crippen molar-refractivity contribution in [3.63, 3.8) is 0 Å². The average Bonchev–Trinajstić information content (AvgIpc) is 1.73. The van der Waals surface area contributed by atoms with Gasteiger partial charge >= 0.3 is 0 Å². The molecule has 0 amide bonds. The third kappa shape index (κ3) is 23.0. The fourth-order valence-corrected chi connectivity index (χ4v) is 9.63. The van der Waals surface area contributed by atoms with Gasteiger partial charge in [-0.05, 0) is 122 Å². The summed E-state index contributed by atoms with van der Waals surface area (Å²) in [7, 11) is 0. The lowest BCUT2D eigenvalue weighted by molar-refractivity contribution is 0.499. The first-order valence-corrected chi connectivity index (χ1v) is 35.1. The number of fused-ring (bicyclic) bond motifs is 6. The lowest BCUT2D eigenvalue weighted by Gasteiger charge is -2.02. The minimum Gasteiger partial charge on any atom is -0.440 e. The Labute approximate surface area is 610 Å². The summed E-state index contributed by atoms with van der Waals surface area (Å²) in [6.07, 6.45) is 10.6. The summed E-state index contributed by atoms with van der Waals surface area (Å²) in [4.78, 5) is 38.5. The Morgan fingerprint density at radius 2 is 0.740 bits per heavy atom. The van der Waals surface area contributed by atoms with Crippen molar-refractivity contribution in [1.82, 2.24) is 44.9 Å². The van der Waals surface area contributed by atoms with Gasteiger partial charge in [-0.3, -0.25) is 15.0 Å². The molecule has 14 rings (SSSR count). The summed E-state index contributed by atoms with van der Waals surface area (Å²) >= 11 is 18.4. The fourth-order valence-electron chi connectivity index (χ4n) is 8.61. The van der Waals surface area contributed by atoms with Gasteiger partial charge < -0.3 is 26.5 Å². The van der Waals surface area contributed by atoms with Crippen molar-refractivity contribution in [1.29, 1.82) is 5.26 Å². The SMILES string of the molecule is C#Cc1ccc(C(C)C)nc1.CC(C)c1nc2cc(Br)ccc2o1.CC(C)c1nc2cc(Cl)ccc2o1.CC(C)c1nc2ccc(Br)cc2o1.CC(C)c1nc2ccc(C#N)cc2o1.CC(C)c1nc2ccc(Cl)cc2o1.CC(C)c1nc2ccc(F)cc2o1.Cc1cnc(C(C)C)cn1. The Morgan fingerprint density at radius 1 is 0.370 bits per heavy atom. The van der Waals surface area contributed by atoms with Crippen LogP contribution in [0.4, 0.5) is 4.39 Å². The van der Waals surface area contributed by atoms with Crippen LogP contribution in [0, 0.1) is 36.4 Å². The monoisotopic (exact) mass is 1510 g/mol. The van der Waals surface area contributed by atoms with E-state index in [0.717, 1.165) is 111 Å². The molecule has 0 unspecified atom stereocenters. The van der Waals surface area contributed by atoms with Gasteiger partial charge in [0.2, 0.25) is 0 Å². The number of nitrogens with zero attached hydrogens (tertiary/aromatic N) is 10. The van der Waals surface area contributed by atoms with E-state index in [4.69, 9.17) is 61.4 Å². The molecule has 0 bridgehead atoms. The Balaban J connectivity index is 0.000000161. The largest absolute Gasteiger partial charge is 0.440 e. The van der Waals surface area contributed by atoms with Crippen molar-refractivity contribution in [3.05, 3.63) is 228 Å². The van der Waals surface area contributed by atoms with Crippen molar-refractivity contribution in [3.8, 4) is 18.4 Å². The summed E-state index contributed by atoms with van der Waals surface area (Å²) < 4.78 is 47.8. The Kier molecular flexibility index (Phi) is 28.8. The van der Waals surface area contributed by atoms with E-state index in [1.165, 1.54) is 12.1 Å². The van der Waals surface area contributed by atoms with Crippen LogP contribution in [0.3, 0.4) is 0 Å². The third-order valence-electron chi connectivity index (χ3n) is 14.3. The average molecular weight is 1520 g/mol. The highest BCUT2D eigenvalue weighted by Gasteiger charge is 2.15. The van der Waals surface area contributed by atoms with E-state index >= 15 is 0 Å². The number of aryl methyl sites for hydroxylation is 1. The summed E-state index contributed by atoms with van der Waals surface area (Å²) in [6, 6.07) is 38.2. The van der Waals surface area contributed by atoms with Gasteiger partial charge in [-0.25, -0.2) is 34.3 Å². The second kappa shape index (κ2) is 36.8. The molecule has 0 fully saturated rings. The van der Waals surface area contributed by atoms with E-state index in [2.05, 4.69) is 144 Å². The van der Waals surface area contributed by atoms with Crippen molar-refractivity contribution in [2.45, 2.75) is 165 Å². The first-order chi connectivity index (χ1) is 47.5. The zero-order valence-corrected chi connectivity index (χ0v) is 64.0. The van der Waals surface area contributed by atoms with Gasteiger partial charge in [-0.2, -0.15) is 5.26 Å². The van der Waals surface area contributed by atoms with Crippen LogP contribution in [0.1, 0.15) is 222 Å². The number of rotatable bonds is 8. The second-order valence-corrected chi connectivity index (χ2v) is 28.3. The van der Waals surface area contributed by atoms with Crippen LogP contribution in [0.15, 0.2) is 175 Å². The van der Waals surface area contributed by atoms with Crippen molar-refractivity contribution < 1.29 is 30.9 Å². The van der Waals surface area contributed by atoms with Crippen LogP contribution >= 0.6 is 55.1 Å². The Bertz CT molecular complexity index is 4530. The number of terminal acetylenes is 1. The molecule has 8 heterocycles. The van der Waals surface area contributed by atoms with Gasteiger partial charge in [0, 0.05) is 103 Å². The first-order valence-electron chi connectivity index (χ1n) is 32.8. The van der Waals surface area contributed by atoms with Crippen molar-refractivity contribution in [2.24, 2.45) is 0 Å². The molecule has 0 aliphatic heterocycles. The maximum Gasteiger partial charge on any atom is 0.198 e. The van der Waals surface area contributed by atoms with Crippen LogP contribution in [0.5, 0.6) is 0 Å². The molecule has 14 aromatic rings. The lowest BCUT2D eigenvalue weighted by atomic mass is 10.1. The van der Waals surface area contributed by atoms with Gasteiger partial charge in [-0.1, -0.05) is 172 Å². The molecule has 0 saturated heterocycles. The van der Waals surface area contributed by atoms with Gasteiger partial charge in [0.05, 0.1) is 23.0 Å². The topological polar surface area (TPSA) is 219 Å². The number of aromatic nitrogens is 9. The number of nitriles is 1. The molecule has 0 radical (unpaired) electrons. The number of hydrogen-bond donors (Lipinski definition) is 0. The standard InChI is InChI=1S/C11H10N2O.2C10H10BrNO.2C10H10ClNO.C10H10FNO.C10H11N.C8H12N2/c1-7(2)11-13-9-4-3-8(6-12)5-10(9)14-11;1-6(2)10-12-8-5-7(11)3-4-9(8)13-10;1-6(2)10-12-8-4-3-7(11)5-9(8)13-10;1-6(2)10-12-8-5-7(11)3-4-9(8)13-10;2*1-6(2)10-12-8-4-3-7(11)5-9(8)13-10;1-4-9-5-6-10(8(2)3)11-7-9;1-6(2)8-5-9-7(3)4-10-8/h3-5,7H,1-2H3;5*3-6H,1-2H3;1,5-8H,2-3H3;4-6H,1-3H3. The number of pyridine rings is 1. The fraction of sp³-hybridized carbons (Fsp3) is 0.316. The predicted octanol–water partition coefficient (Wildman–Crippen LogP) is 24.6. The number of benzene rings is 6. The van der Waals surface area contributed by atoms with Crippen LogP contribution < -0.4 is 0 Å². The van der Waals surface area contributed by atoms with Crippen LogP contribution in [-0.4, -0.2) is 44.9 Å². The van der Waals surface area contributed by atoms with E-state index in [9.17, 15) is 4.39 Å². The summed E-state index contributed by atoms with van der Waals surface area (Å²) in [5.41, 5.74) is 14.1. The molecular formula is C79H83Br2Cl2FN10O6. The van der Waals surface area contributed by atoms with Gasteiger partial charge in [0.1, 0.15) is 38.9 Å². The minimum absolute atomic E-state index is 0.232. The Hall–Kier alpha value is -9.11. The Morgan fingerprint density at radius 3 is 1.19 bits per heavy atom. The number of halogens is 5. The maximum atomic E-state index is 12.8. The third-order valence-corrected chi connectivity index (χ3v) is 15.7. The second-order valence-electron chi connectivity index (χ2n) is 25.6. The van der Waals surface area contributed by atoms with Gasteiger partial charge in [-0.15, -0.1) is 6.42 Å². The summed E-state index contributed by atoms with van der Waals surface area (Å²) in [6.45, 7) is 34.9. The summed E-state index contributed by atoms with van der Waals surface area (Å²) in [5.74, 6) is 9.49. The molecule has 0 N–H and O–H groups in total. The molecule has 520 valence electrons. The molecule has 100 heavy (non-hydrogen) atoms. The number of oxazole rings is 6. The zero-order valence-electron chi connectivity index (χ0n) is 59.3. The van der Waals surface area contributed by atoms with Crippen LogP contribution in [-0.2, 0) is 0 Å². The van der Waals surface area contributed by atoms with Gasteiger partial charge in [0.25, 0.3) is 0 Å². The molecule has 8 aromatic heterocycles. The molecule has 16 nitrogen and oxygen atoms in total. The highest BCUT2D eigenvalue weighted by atomic mass is 79.9. The van der Waals surface area contributed by atoms with Crippen LogP contribution in [0.25, 0.3) is 66.6 Å². The van der Waals surface area contributed by atoms with Crippen molar-refractivity contribution >= 4 is 122 Å². The van der Waals surface area contributed by atoms with E-state index < -0.39 is 0 Å². The zero-order chi connectivity index (χ0) is 73.1. The lowest BCUT2D eigenvalue weighted by Crippen LogP contribution is -1.93. The molecule has 0 saturated carbocycles. The van der Waals surface area contributed by atoms with Crippen LogP contribution in [0.2, 0.25) is 10.0 Å². The van der Waals surface area contributed by atoms with Crippen molar-refractivity contribution in [2.75, 3.05) is 0 Å². The molecular weight excluding hydrogens is 1430 g/mol. The maximum absolute atomic E-state index is 12.8. The quantitative estimate of drug-likeness (QED) is 0.129. The molecule has 0 atom stereocenters. The van der Waals surface area contributed by atoms with E-state index in [1.54, 1.807) is 42.7 Å². The molecule has 21 heteroatoms. The number of hydrogen-bond acceptors (Lipinski definition) is 16. The molecule has 0 aliphatic rings.